The van der Waals surface area contributed by atoms with Crippen molar-refractivity contribution in [2.75, 3.05) is 0 Å². The van der Waals surface area contributed by atoms with E-state index < -0.39 is 0 Å². The van der Waals surface area contributed by atoms with Crippen LogP contribution in [0.25, 0.3) is 10.7 Å². The molecule has 5 heteroatoms. The lowest BCUT2D eigenvalue weighted by Gasteiger charge is -2.20. The highest BCUT2D eigenvalue weighted by Gasteiger charge is 2.23. The average Bonchev–Trinajstić information content (AvgIpc) is 2.67. The van der Waals surface area contributed by atoms with Crippen molar-refractivity contribution in [3.05, 3.63) is 31.4 Å². The minimum atomic E-state index is -0.0375. The Morgan fingerprint density at radius 3 is 2.39 bits per heavy atom. The summed E-state index contributed by atoms with van der Waals surface area (Å²) in [6.07, 6.45) is 0. The molecule has 0 aliphatic heterocycles. The standard InChI is InChI=1S/C13H14ClIN2S/c1-7-5-6-8(18-7)12-16-10(13(2,3)4)9(15)11(14)17-12/h5-6H,1-4H3. The minimum absolute atomic E-state index is 0.0375. The van der Waals surface area contributed by atoms with E-state index in [1.165, 1.54) is 4.88 Å². The Kier molecular flexibility index (Phi) is 3.99. The molecule has 2 nitrogen and oxygen atoms in total. The monoisotopic (exact) mass is 392 g/mol. The summed E-state index contributed by atoms with van der Waals surface area (Å²) >= 11 is 10.1. The molecule has 0 aromatic carbocycles. The molecule has 2 aromatic heterocycles. The Bertz CT molecular complexity index is 587. The Morgan fingerprint density at radius 2 is 1.89 bits per heavy atom. The lowest BCUT2D eigenvalue weighted by atomic mass is 9.92. The maximum atomic E-state index is 6.23. The summed E-state index contributed by atoms with van der Waals surface area (Å²) in [5.41, 5.74) is 0.966. The highest BCUT2D eigenvalue weighted by molar-refractivity contribution is 14.1. The third kappa shape index (κ3) is 2.86. The van der Waals surface area contributed by atoms with Gasteiger partial charge < -0.3 is 0 Å². The van der Waals surface area contributed by atoms with Crippen LogP contribution >= 0.6 is 45.5 Å². The molecule has 0 saturated heterocycles. The Labute approximate surface area is 130 Å². The summed E-state index contributed by atoms with van der Waals surface area (Å²) in [5, 5.41) is 0.538. The van der Waals surface area contributed by atoms with Crippen molar-refractivity contribution in [1.29, 1.82) is 0 Å². The number of nitrogens with zero attached hydrogens (tertiary/aromatic N) is 2. The van der Waals surface area contributed by atoms with Crippen molar-refractivity contribution < 1.29 is 0 Å². The smallest absolute Gasteiger partial charge is 0.171 e. The van der Waals surface area contributed by atoms with Crippen LogP contribution in [0.15, 0.2) is 12.1 Å². The number of hydrogen-bond donors (Lipinski definition) is 0. The van der Waals surface area contributed by atoms with Crippen molar-refractivity contribution in [2.45, 2.75) is 33.1 Å². The van der Waals surface area contributed by atoms with Crippen molar-refractivity contribution in [3.63, 3.8) is 0 Å². The van der Waals surface area contributed by atoms with E-state index in [-0.39, 0.29) is 5.41 Å². The summed E-state index contributed by atoms with van der Waals surface area (Å²) in [5.74, 6) is 0.725. The van der Waals surface area contributed by atoms with E-state index in [9.17, 15) is 0 Å². The van der Waals surface area contributed by atoms with Crippen molar-refractivity contribution in [1.82, 2.24) is 9.97 Å². The first kappa shape index (κ1) is 14.2. The zero-order valence-electron chi connectivity index (χ0n) is 10.7. The van der Waals surface area contributed by atoms with Crippen LogP contribution < -0.4 is 0 Å². The van der Waals surface area contributed by atoms with Gasteiger partial charge in [0.25, 0.3) is 0 Å². The van der Waals surface area contributed by atoms with E-state index in [0.29, 0.717) is 5.15 Å². The third-order valence-electron chi connectivity index (χ3n) is 2.48. The van der Waals surface area contributed by atoms with Crippen molar-refractivity contribution in [3.8, 4) is 10.7 Å². The van der Waals surface area contributed by atoms with Crippen LogP contribution in [0, 0.1) is 10.5 Å². The van der Waals surface area contributed by atoms with E-state index in [0.717, 1.165) is 20.0 Å². The second-order valence-electron chi connectivity index (χ2n) is 5.16. The average molecular weight is 393 g/mol. The number of halogens is 2. The number of hydrogen-bond acceptors (Lipinski definition) is 3. The summed E-state index contributed by atoms with van der Waals surface area (Å²) in [6.45, 7) is 8.49. The molecule has 0 N–H and O–H groups in total. The van der Waals surface area contributed by atoms with Gasteiger partial charge in [0.05, 0.1) is 14.1 Å². The molecular weight excluding hydrogens is 379 g/mol. The fraction of sp³-hybridized carbons (Fsp3) is 0.385. The normalized spacial score (nSPS) is 11.9. The van der Waals surface area contributed by atoms with Crippen LogP contribution in [-0.2, 0) is 5.41 Å². The maximum Gasteiger partial charge on any atom is 0.171 e. The Balaban J connectivity index is 2.61. The topological polar surface area (TPSA) is 25.8 Å². The van der Waals surface area contributed by atoms with Gasteiger partial charge in [-0.1, -0.05) is 32.4 Å². The van der Waals surface area contributed by atoms with Crippen LogP contribution in [0.1, 0.15) is 31.3 Å². The van der Waals surface area contributed by atoms with Crippen LogP contribution in [0.5, 0.6) is 0 Å². The van der Waals surface area contributed by atoms with Crippen LogP contribution in [0.2, 0.25) is 5.15 Å². The second-order valence-corrected chi connectivity index (χ2v) is 7.89. The van der Waals surface area contributed by atoms with Gasteiger partial charge in [0.1, 0.15) is 5.15 Å². The van der Waals surface area contributed by atoms with Gasteiger partial charge in [-0.05, 0) is 41.6 Å². The third-order valence-corrected chi connectivity index (χ3v) is 5.09. The predicted octanol–water partition coefficient (Wildman–Crippen LogP) is 5.07. The first-order chi connectivity index (χ1) is 8.29. The lowest BCUT2D eigenvalue weighted by molar-refractivity contribution is 0.564. The summed E-state index contributed by atoms with van der Waals surface area (Å²) in [7, 11) is 0. The molecule has 0 spiro atoms. The number of rotatable bonds is 1. The van der Waals surface area contributed by atoms with Gasteiger partial charge in [-0.25, -0.2) is 9.97 Å². The summed E-state index contributed by atoms with van der Waals surface area (Å²) < 4.78 is 0.943. The quantitative estimate of drug-likeness (QED) is 0.500. The Hall–Kier alpha value is -0.200. The largest absolute Gasteiger partial charge is 0.231 e. The number of aromatic nitrogens is 2. The molecule has 0 aliphatic carbocycles. The van der Waals surface area contributed by atoms with Gasteiger partial charge in [-0.15, -0.1) is 11.3 Å². The van der Waals surface area contributed by atoms with Gasteiger partial charge >= 0.3 is 0 Å². The molecule has 0 unspecified atom stereocenters. The Morgan fingerprint density at radius 1 is 1.22 bits per heavy atom. The molecule has 0 radical (unpaired) electrons. The van der Waals surface area contributed by atoms with Gasteiger partial charge in [0, 0.05) is 10.3 Å². The molecule has 2 rings (SSSR count). The maximum absolute atomic E-state index is 6.23. The molecule has 0 saturated carbocycles. The minimum Gasteiger partial charge on any atom is -0.231 e. The molecule has 0 amide bonds. The molecule has 0 aliphatic rings. The molecule has 18 heavy (non-hydrogen) atoms. The fourth-order valence-corrected chi connectivity index (χ4v) is 3.60. The second kappa shape index (κ2) is 5.06. The molecule has 2 aromatic rings. The van der Waals surface area contributed by atoms with Crippen LogP contribution in [-0.4, -0.2) is 9.97 Å². The number of aryl methyl sites for hydroxylation is 1. The molecular formula is C13H14ClIN2S. The lowest BCUT2D eigenvalue weighted by Crippen LogP contribution is -2.17. The van der Waals surface area contributed by atoms with Gasteiger partial charge in [0.2, 0.25) is 0 Å². The van der Waals surface area contributed by atoms with Crippen molar-refractivity contribution >= 4 is 45.5 Å². The summed E-state index contributed by atoms with van der Waals surface area (Å²) in [6, 6.07) is 4.12. The van der Waals surface area contributed by atoms with Gasteiger partial charge in [0.15, 0.2) is 5.82 Å². The SMILES string of the molecule is Cc1ccc(-c2nc(Cl)c(I)c(C(C)(C)C)n2)s1. The van der Waals surface area contributed by atoms with Gasteiger partial charge in [-0.2, -0.15) is 0 Å². The molecule has 96 valence electrons. The predicted molar refractivity (Wildman–Crippen MR) is 86.5 cm³/mol. The molecule has 0 bridgehead atoms. The zero-order valence-corrected chi connectivity index (χ0v) is 14.4. The first-order valence-corrected chi connectivity index (χ1v) is 7.86. The van der Waals surface area contributed by atoms with E-state index in [1.807, 2.05) is 6.07 Å². The van der Waals surface area contributed by atoms with E-state index in [1.54, 1.807) is 11.3 Å². The molecule has 0 fully saturated rings. The van der Waals surface area contributed by atoms with E-state index >= 15 is 0 Å². The molecule has 0 atom stereocenters. The van der Waals surface area contributed by atoms with Crippen LogP contribution in [0.4, 0.5) is 0 Å². The zero-order chi connectivity index (χ0) is 13.5. The fourth-order valence-electron chi connectivity index (χ4n) is 1.58. The van der Waals surface area contributed by atoms with Crippen molar-refractivity contribution in [2.24, 2.45) is 0 Å². The molecule has 2 heterocycles. The van der Waals surface area contributed by atoms with Crippen LogP contribution in [0.3, 0.4) is 0 Å². The van der Waals surface area contributed by atoms with E-state index in [2.05, 4.69) is 61.3 Å². The van der Waals surface area contributed by atoms with E-state index in [4.69, 9.17) is 16.6 Å². The summed E-state index contributed by atoms with van der Waals surface area (Å²) in [4.78, 5) is 11.4. The van der Waals surface area contributed by atoms with Gasteiger partial charge in [-0.3, -0.25) is 0 Å². The first-order valence-electron chi connectivity index (χ1n) is 5.59. The number of thiophene rings is 1. The highest BCUT2D eigenvalue weighted by atomic mass is 127. The highest BCUT2D eigenvalue weighted by Crippen LogP contribution is 2.33.